The third-order valence-electron chi connectivity index (χ3n) is 18.9. The van der Waals surface area contributed by atoms with Crippen LogP contribution in [0, 0.1) is 63.6 Å². The molecule has 2 aromatic carbocycles. The maximum atomic E-state index is 14.9. The molecule has 0 unspecified atom stereocenters. The van der Waals surface area contributed by atoms with Crippen molar-refractivity contribution >= 4 is 16.0 Å². The maximum absolute atomic E-state index is 14.9. The molecule has 3 saturated carbocycles. The summed E-state index contributed by atoms with van der Waals surface area (Å²) in [5.74, 6) is 1.07. The van der Waals surface area contributed by atoms with Crippen LogP contribution in [-0.4, -0.2) is 83.6 Å². The molecule has 11 atom stereocenters. The molecule has 10 heteroatoms. The molecule has 342 valence electrons. The van der Waals surface area contributed by atoms with E-state index in [0.717, 1.165) is 49.7 Å². The van der Waals surface area contributed by atoms with Gasteiger partial charge in [0.05, 0.1) is 48.4 Å². The zero-order valence-corrected chi connectivity index (χ0v) is 40.2. The van der Waals surface area contributed by atoms with Crippen LogP contribution in [0.3, 0.4) is 0 Å². The molecule has 2 saturated heterocycles. The van der Waals surface area contributed by atoms with Crippen LogP contribution in [-0.2, 0) is 45.1 Å². The van der Waals surface area contributed by atoms with Crippen molar-refractivity contribution in [2.75, 3.05) is 47.2 Å². The van der Waals surface area contributed by atoms with Gasteiger partial charge in [-0.05, 0) is 116 Å². The Kier molecular flexibility index (Phi) is 12.4. The van der Waals surface area contributed by atoms with E-state index >= 15 is 0 Å². The fraction of sp³-hybridized carbons (Fsp3) is 0.712. The lowest BCUT2D eigenvalue weighted by atomic mass is 9.34. The minimum atomic E-state index is -3.81. The number of likely N-dealkylation sites (N-methyl/N-ethyl adjacent to an activating group) is 1. The molecule has 0 radical (unpaired) electrons. The van der Waals surface area contributed by atoms with Crippen molar-refractivity contribution in [3.63, 3.8) is 0 Å². The van der Waals surface area contributed by atoms with Gasteiger partial charge in [0.15, 0.2) is 0 Å². The highest BCUT2D eigenvalue weighted by molar-refractivity contribution is 7.89. The molecule has 62 heavy (non-hydrogen) atoms. The monoisotopic (exact) mass is 874 g/mol. The Bertz CT molecular complexity index is 2080. The zero-order chi connectivity index (χ0) is 44.5. The van der Waals surface area contributed by atoms with Gasteiger partial charge in [-0.25, -0.2) is 8.42 Å². The first-order chi connectivity index (χ1) is 29.3. The number of hydrogen-bond donors (Lipinski definition) is 0. The van der Waals surface area contributed by atoms with Crippen LogP contribution in [0.2, 0.25) is 0 Å². The molecule has 0 spiro atoms. The van der Waals surface area contributed by atoms with Crippen molar-refractivity contribution in [1.82, 2.24) is 4.31 Å². The average Bonchev–Trinajstić information content (AvgIpc) is 3.25. The molecule has 9 nitrogen and oxygen atoms in total. The lowest BCUT2D eigenvalue weighted by Crippen LogP contribution is -2.70. The second-order valence-electron chi connectivity index (χ2n) is 21.9. The number of ether oxygens (including phenoxy) is 5. The molecule has 2 aliphatic heterocycles. The van der Waals surface area contributed by atoms with Crippen LogP contribution in [0.1, 0.15) is 111 Å². The minimum Gasteiger partial charge on any atom is -0.461 e. The van der Waals surface area contributed by atoms with Gasteiger partial charge in [-0.3, -0.25) is 4.79 Å². The van der Waals surface area contributed by atoms with E-state index in [1.54, 1.807) is 23.5 Å². The predicted molar refractivity (Wildman–Crippen MR) is 242 cm³/mol. The largest absolute Gasteiger partial charge is 0.461 e. The first kappa shape index (κ1) is 45.9. The normalized spacial score (nSPS) is 38.3. The summed E-state index contributed by atoms with van der Waals surface area (Å²) in [4.78, 5) is 15.2. The number of carbonyl (C=O) groups is 1. The van der Waals surface area contributed by atoms with Crippen molar-refractivity contribution in [3.05, 3.63) is 77.4 Å². The standard InChI is InChI=1S/C52H75NO8S/c1-35(2)37(4)47(5)24-25-49(7)40-20-21-43-48(6)32-59-34-52(43,41(40)22-23-50(49,8)44(47)46(54)60-31-38-14-12-11-13-15-38)30-42(57-10)45(48)61-33-51(26-28-58-29-27-51)53(9)62(55,56)39-18-16-36(3)17-19-39/h11-19,22,35,37,40,42-45H,20-21,23-34H2,1-10H3/t37-,40+,42-,43+,44-,45+,47-,48-,49-,50+,52+/m1/s1. The summed E-state index contributed by atoms with van der Waals surface area (Å²) in [7, 11) is -0.282. The SMILES string of the molecule is CO[C@@H]1C[C@@]23COC[C@](C)([C@@H]2CC[C@H]2C3=CC[C@@]3(C)[C@H](C(=O)OCc4ccccc4)[C@@](C)([C@H](C)C(C)C)CC[C@]23C)[C@H]1OCC1(N(C)S(=O)(=O)c2ccc(C)cc2)CCOCC1. The topological polar surface area (TPSA) is 101 Å². The van der Waals surface area contributed by atoms with Gasteiger partial charge >= 0.3 is 5.97 Å². The van der Waals surface area contributed by atoms with E-state index in [2.05, 4.69) is 54.5 Å². The molecule has 8 rings (SSSR count). The average molecular weight is 874 g/mol. The number of methoxy groups -OCH3 is 1. The Balaban J connectivity index is 1.11. The summed E-state index contributed by atoms with van der Waals surface area (Å²) in [5, 5.41) is 0. The van der Waals surface area contributed by atoms with Crippen LogP contribution < -0.4 is 0 Å². The summed E-state index contributed by atoms with van der Waals surface area (Å²) in [5.41, 5.74) is 1.53. The van der Waals surface area contributed by atoms with Crippen molar-refractivity contribution in [2.45, 2.75) is 136 Å². The van der Waals surface area contributed by atoms with Gasteiger partial charge in [-0.2, -0.15) is 4.31 Å². The van der Waals surface area contributed by atoms with Crippen molar-refractivity contribution in [1.29, 1.82) is 0 Å². The number of nitrogens with zero attached hydrogens (tertiary/aromatic N) is 1. The number of allylic oxidation sites excluding steroid dienone is 1. The Labute approximate surface area is 373 Å². The molecule has 6 aliphatic rings. The molecular weight excluding hydrogens is 799 g/mol. The van der Waals surface area contributed by atoms with E-state index in [0.29, 0.717) is 62.9 Å². The Hall–Kier alpha value is -2.60. The van der Waals surface area contributed by atoms with Gasteiger partial charge in [0.1, 0.15) is 6.61 Å². The Morgan fingerprint density at radius 2 is 1.58 bits per heavy atom. The maximum Gasteiger partial charge on any atom is 0.310 e. The van der Waals surface area contributed by atoms with Crippen LogP contribution in [0.25, 0.3) is 0 Å². The van der Waals surface area contributed by atoms with E-state index in [1.165, 1.54) is 5.57 Å². The van der Waals surface area contributed by atoms with Crippen molar-refractivity contribution in [2.24, 2.45) is 56.7 Å². The molecule has 0 N–H and O–H groups in total. The number of fused-ring (bicyclic) bond motifs is 3. The van der Waals surface area contributed by atoms with E-state index in [9.17, 15) is 13.2 Å². The molecule has 2 heterocycles. The van der Waals surface area contributed by atoms with E-state index in [4.69, 9.17) is 23.7 Å². The lowest BCUT2D eigenvalue weighted by molar-refractivity contribution is -0.271. The van der Waals surface area contributed by atoms with Crippen LogP contribution in [0.5, 0.6) is 0 Å². The summed E-state index contributed by atoms with van der Waals surface area (Å²) in [6.45, 7) is 21.3. The highest BCUT2D eigenvalue weighted by atomic mass is 32.2. The van der Waals surface area contributed by atoms with E-state index in [1.807, 2.05) is 56.5 Å². The van der Waals surface area contributed by atoms with Gasteiger partial charge in [0.25, 0.3) is 0 Å². The van der Waals surface area contributed by atoms with E-state index in [-0.39, 0.29) is 69.3 Å². The van der Waals surface area contributed by atoms with Gasteiger partial charge in [0.2, 0.25) is 10.0 Å². The van der Waals surface area contributed by atoms with Crippen molar-refractivity contribution in [3.8, 4) is 0 Å². The molecule has 5 fully saturated rings. The molecule has 2 bridgehead atoms. The first-order valence-corrected chi connectivity index (χ1v) is 25.0. The number of sulfonamides is 1. The number of esters is 1. The number of aryl methyl sites for hydroxylation is 1. The van der Waals surface area contributed by atoms with Crippen LogP contribution >= 0.6 is 0 Å². The fourth-order valence-electron chi connectivity index (χ4n) is 14.5. The molecule has 0 amide bonds. The van der Waals surface area contributed by atoms with Gasteiger partial charge in [0, 0.05) is 38.2 Å². The summed E-state index contributed by atoms with van der Waals surface area (Å²) in [6.07, 6.45) is 8.87. The van der Waals surface area contributed by atoms with Crippen LogP contribution in [0.4, 0.5) is 0 Å². The summed E-state index contributed by atoms with van der Waals surface area (Å²) < 4.78 is 62.8. The molecular formula is C52H75NO8S. The van der Waals surface area contributed by atoms with Gasteiger partial charge < -0.3 is 23.7 Å². The second-order valence-corrected chi connectivity index (χ2v) is 23.9. The predicted octanol–water partition coefficient (Wildman–Crippen LogP) is 9.81. The highest BCUT2D eigenvalue weighted by Gasteiger charge is 2.72. The highest BCUT2D eigenvalue weighted by Crippen LogP contribution is 2.75. The molecule has 2 aromatic rings. The second kappa shape index (κ2) is 16.7. The number of hydrogen-bond acceptors (Lipinski definition) is 8. The Morgan fingerprint density at radius 1 is 0.887 bits per heavy atom. The van der Waals surface area contributed by atoms with Gasteiger partial charge in [-0.15, -0.1) is 0 Å². The Morgan fingerprint density at radius 3 is 2.24 bits per heavy atom. The number of carbonyl (C=O) groups excluding carboxylic acids is 1. The quantitative estimate of drug-likeness (QED) is 0.154. The summed E-state index contributed by atoms with van der Waals surface area (Å²) in [6, 6.07) is 17.2. The lowest BCUT2D eigenvalue weighted by Gasteiger charge is -2.71. The number of benzene rings is 2. The number of rotatable bonds is 12. The third kappa shape index (κ3) is 7.10. The van der Waals surface area contributed by atoms with Crippen LogP contribution in [0.15, 0.2) is 71.1 Å². The fourth-order valence-corrected chi connectivity index (χ4v) is 16.1. The van der Waals surface area contributed by atoms with Gasteiger partial charge in [-0.1, -0.05) is 108 Å². The van der Waals surface area contributed by atoms with Crippen molar-refractivity contribution < 1.29 is 36.9 Å². The van der Waals surface area contributed by atoms with E-state index < -0.39 is 15.6 Å². The molecule has 4 aliphatic carbocycles. The summed E-state index contributed by atoms with van der Waals surface area (Å²) >= 11 is 0. The minimum absolute atomic E-state index is 0.0498. The molecule has 0 aromatic heterocycles. The third-order valence-corrected chi connectivity index (χ3v) is 20.9. The zero-order valence-electron chi connectivity index (χ0n) is 39.3. The smallest absolute Gasteiger partial charge is 0.310 e. The first-order valence-electron chi connectivity index (χ1n) is 23.6.